The van der Waals surface area contributed by atoms with Gasteiger partial charge in [-0.2, -0.15) is 0 Å². The average molecular weight is 291 g/mol. The van der Waals surface area contributed by atoms with Crippen LogP contribution in [0.4, 0.5) is 4.79 Å². The first-order valence-corrected chi connectivity index (χ1v) is 7.12. The molecule has 2 N–H and O–H groups in total. The van der Waals surface area contributed by atoms with E-state index in [0.717, 1.165) is 19.5 Å². The van der Waals surface area contributed by atoms with Crippen LogP contribution in [0, 0.1) is 5.41 Å². The summed E-state index contributed by atoms with van der Waals surface area (Å²) in [7, 11) is 0. The predicted octanol–water partition coefficient (Wildman–Crippen LogP) is 2.86. The first-order chi connectivity index (χ1) is 8.41. The van der Waals surface area contributed by atoms with Crippen LogP contribution in [-0.4, -0.2) is 30.8 Å². The molecule has 1 aliphatic carbocycles. The average Bonchev–Trinajstić information content (AvgIpc) is 2.60. The van der Waals surface area contributed by atoms with Crippen molar-refractivity contribution in [3.63, 3.8) is 0 Å². The molecule has 4 nitrogen and oxygen atoms in total. The summed E-state index contributed by atoms with van der Waals surface area (Å²) in [5.74, 6) is 0. The Hall–Kier alpha value is -0.480. The minimum absolute atomic E-state index is 0. The zero-order valence-corrected chi connectivity index (χ0v) is 13.1. The lowest BCUT2D eigenvalue weighted by Gasteiger charge is -2.39. The quantitative estimate of drug-likeness (QED) is 0.781. The van der Waals surface area contributed by atoms with Crippen molar-refractivity contribution < 1.29 is 9.53 Å². The summed E-state index contributed by atoms with van der Waals surface area (Å²) < 4.78 is 5.37. The summed E-state index contributed by atoms with van der Waals surface area (Å²) >= 11 is 0. The number of alkyl carbamates (subject to hydrolysis) is 1. The van der Waals surface area contributed by atoms with Gasteiger partial charge in [-0.15, -0.1) is 12.4 Å². The molecule has 112 valence electrons. The molecule has 1 saturated carbocycles. The maximum absolute atomic E-state index is 11.9. The predicted molar refractivity (Wildman–Crippen MR) is 78.8 cm³/mol. The van der Waals surface area contributed by atoms with E-state index in [2.05, 4.69) is 10.6 Å². The molecular weight excluding hydrogens is 264 g/mol. The molecule has 1 aliphatic heterocycles. The summed E-state index contributed by atoms with van der Waals surface area (Å²) in [6.07, 6.45) is 5.66. The molecule has 1 atom stereocenters. The Morgan fingerprint density at radius 1 is 1.26 bits per heavy atom. The Labute approximate surface area is 122 Å². The highest BCUT2D eigenvalue weighted by Crippen LogP contribution is 2.45. The number of piperidine rings is 1. The lowest BCUT2D eigenvalue weighted by Crippen LogP contribution is -2.50. The van der Waals surface area contributed by atoms with Crippen LogP contribution in [-0.2, 0) is 4.74 Å². The molecule has 0 bridgehead atoms. The maximum atomic E-state index is 11.9. The van der Waals surface area contributed by atoms with Crippen molar-refractivity contribution >= 4 is 18.5 Å². The second-order valence-corrected chi connectivity index (χ2v) is 6.70. The number of hydrogen-bond acceptors (Lipinski definition) is 3. The Balaban J connectivity index is 0.00000180. The molecule has 2 rings (SSSR count). The standard InChI is InChI=1S/C14H26N2O2.ClH/c1-13(2,3)18-12(17)16-11-5-4-6-14(11)7-9-15-10-8-14;/h11,15H,4-10H2,1-3H3,(H,16,17);1H. The van der Waals surface area contributed by atoms with Crippen molar-refractivity contribution in [2.75, 3.05) is 13.1 Å². The lowest BCUT2D eigenvalue weighted by molar-refractivity contribution is 0.0437. The van der Waals surface area contributed by atoms with Crippen LogP contribution in [0.5, 0.6) is 0 Å². The molecule has 2 fully saturated rings. The highest BCUT2D eigenvalue weighted by molar-refractivity contribution is 5.85. The largest absolute Gasteiger partial charge is 0.444 e. The Bertz CT molecular complexity index is 309. The van der Waals surface area contributed by atoms with Crippen LogP contribution in [0.15, 0.2) is 0 Å². The molecule has 1 unspecified atom stereocenters. The molecule has 0 aromatic carbocycles. The van der Waals surface area contributed by atoms with Gasteiger partial charge in [-0.05, 0) is 65.0 Å². The number of rotatable bonds is 1. The van der Waals surface area contributed by atoms with Crippen LogP contribution in [0.1, 0.15) is 52.9 Å². The van der Waals surface area contributed by atoms with Crippen molar-refractivity contribution in [2.45, 2.75) is 64.5 Å². The second-order valence-electron chi connectivity index (χ2n) is 6.70. The number of ether oxygens (including phenoxy) is 1. The van der Waals surface area contributed by atoms with Gasteiger partial charge in [0.1, 0.15) is 5.60 Å². The maximum Gasteiger partial charge on any atom is 0.407 e. The van der Waals surface area contributed by atoms with Gasteiger partial charge >= 0.3 is 6.09 Å². The number of carbonyl (C=O) groups excluding carboxylic acids is 1. The molecule has 1 heterocycles. The van der Waals surface area contributed by atoms with Crippen molar-refractivity contribution in [3.8, 4) is 0 Å². The zero-order valence-electron chi connectivity index (χ0n) is 12.3. The highest BCUT2D eigenvalue weighted by Gasteiger charge is 2.44. The molecule has 0 aromatic rings. The van der Waals surface area contributed by atoms with Crippen LogP contribution in [0.2, 0.25) is 0 Å². The smallest absolute Gasteiger partial charge is 0.407 e. The third-order valence-electron chi connectivity index (χ3n) is 4.20. The van der Waals surface area contributed by atoms with E-state index in [1.807, 2.05) is 20.8 Å². The first-order valence-electron chi connectivity index (χ1n) is 7.12. The van der Waals surface area contributed by atoms with Gasteiger partial charge in [0.25, 0.3) is 0 Å². The third kappa shape index (κ3) is 4.25. The van der Waals surface area contributed by atoms with E-state index in [1.54, 1.807) is 0 Å². The molecule has 0 radical (unpaired) electrons. The van der Waals surface area contributed by atoms with E-state index in [0.29, 0.717) is 11.5 Å². The van der Waals surface area contributed by atoms with Crippen LogP contribution < -0.4 is 10.6 Å². The lowest BCUT2D eigenvalue weighted by atomic mass is 9.74. The van der Waals surface area contributed by atoms with Crippen molar-refractivity contribution in [2.24, 2.45) is 5.41 Å². The van der Waals surface area contributed by atoms with Crippen LogP contribution in [0.3, 0.4) is 0 Å². The van der Waals surface area contributed by atoms with Gasteiger partial charge in [-0.3, -0.25) is 0 Å². The molecule has 2 aliphatic rings. The van der Waals surface area contributed by atoms with Gasteiger partial charge in [-0.25, -0.2) is 4.79 Å². The molecule has 1 spiro atoms. The molecule has 5 heteroatoms. The van der Waals surface area contributed by atoms with Crippen molar-refractivity contribution in [1.82, 2.24) is 10.6 Å². The summed E-state index contributed by atoms with van der Waals surface area (Å²) in [4.78, 5) is 11.9. The number of nitrogens with one attached hydrogen (secondary N) is 2. The number of halogens is 1. The minimum atomic E-state index is -0.413. The third-order valence-corrected chi connectivity index (χ3v) is 4.20. The van der Waals surface area contributed by atoms with Gasteiger partial charge < -0.3 is 15.4 Å². The number of carbonyl (C=O) groups is 1. The van der Waals surface area contributed by atoms with Crippen molar-refractivity contribution in [3.05, 3.63) is 0 Å². The molecular formula is C14H27ClN2O2. The zero-order chi connectivity index (χ0) is 13.2. The minimum Gasteiger partial charge on any atom is -0.444 e. The van der Waals surface area contributed by atoms with Gasteiger partial charge in [0, 0.05) is 6.04 Å². The van der Waals surface area contributed by atoms with E-state index in [9.17, 15) is 4.79 Å². The number of hydrogen-bond donors (Lipinski definition) is 2. The van der Waals surface area contributed by atoms with Gasteiger partial charge in [-0.1, -0.05) is 6.42 Å². The summed E-state index contributed by atoms with van der Waals surface area (Å²) in [5.41, 5.74) is -0.0911. The Morgan fingerprint density at radius 2 is 1.89 bits per heavy atom. The fraction of sp³-hybridized carbons (Fsp3) is 0.929. The second kappa shape index (κ2) is 6.31. The summed E-state index contributed by atoms with van der Waals surface area (Å²) in [6, 6.07) is 0.300. The molecule has 19 heavy (non-hydrogen) atoms. The van der Waals surface area contributed by atoms with Gasteiger partial charge in [0.05, 0.1) is 0 Å². The fourth-order valence-electron chi connectivity index (χ4n) is 3.34. The van der Waals surface area contributed by atoms with Crippen LogP contribution in [0.25, 0.3) is 0 Å². The van der Waals surface area contributed by atoms with Crippen molar-refractivity contribution in [1.29, 1.82) is 0 Å². The fourth-order valence-corrected chi connectivity index (χ4v) is 3.34. The first kappa shape index (κ1) is 16.6. The van der Waals surface area contributed by atoms with E-state index in [-0.39, 0.29) is 18.5 Å². The highest BCUT2D eigenvalue weighted by atomic mass is 35.5. The van der Waals surface area contributed by atoms with Gasteiger partial charge in [0.2, 0.25) is 0 Å². The Kier molecular flexibility index (Phi) is 5.51. The molecule has 1 saturated heterocycles. The topological polar surface area (TPSA) is 50.4 Å². The van der Waals surface area contributed by atoms with Crippen LogP contribution >= 0.6 is 12.4 Å². The van der Waals surface area contributed by atoms with Gasteiger partial charge in [0.15, 0.2) is 0 Å². The molecule has 1 amide bonds. The Morgan fingerprint density at radius 3 is 2.47 bits per heavy atom. The summed E-state index contributed by atoms with van der Waals surface area (Å²) in [6.45, 7) is 7.86. The SMILES string of the molecule is CC(C)(C)OC(=O)NC1CCCC12CCNCC2.Cl. The van der Waals surface area contributed by atoms with E-state index in [1.165, 1.54) is 25.7 Å². The van der Waals surface area contributed by atoms with E-state index >= 15 is 0 Å². The normalized spacial score (nSPS) is 25.7. The monoisotopic (exact) mass is 290 g/mol. The molecule has 0 aromatic heterocycles. The summed E-state index contributed by atoms with van der Waals surface area (Å²) in [5, 5.41) is 6.51. The van der Waals surface area contributed by atoms with E-state index in [4.69, 9.17) is 4.74 Å². The van der Waals surface area contributed by atoms with E-state index < -0.39 is 5.60 Å². The number of amides is 1.